The number of aliphatic imine (C=N–C) groups is 1. The summed E-state index contributed by atoms with van der Waals surface area (Å²) in [5.74, 6) is 0.887. The first-order valence-corrected chi connectivity index (χ1v) is 9.35. The van der Waals surface area contributed by atoms with Gasteiger partial charge in [-0.15, -0.1) is 35.3 Å². The molecule has 2 N–H and O–H groups in total. The van der Waals surface area contributed by atoms with Crippen LogP contribution < -0.4 is 10.6 Å². The topological polar surface area (TPSA) is 58.5 Å². The summed E-state index contributed by atoms with van der Waals surface area (Å²) in [4.78, 5) is 10.2. The molecule has 5 nitrogen and oxygen atoms in total. The standard InChI is InChI=1S/C17H30N4OS.HI/c1-5-22-11-9-17(7-8-17)12-20-16(18-4)19-10-6-15-21-13(2)14(3)23-15;/h5-12H2,1-4H3,(H2,18,19,20);1H. The van der Waals surface area contributed by atoms with E-state index in [9.17, 15) is 0 Å². The molecule has 0 saturated heterocycles. The number of nitrogens with one attached hydrogen (secondary N) is 2. The fourth-order valence-corrected chi connectivity index (χ4v) is 3.48. The number of hydrogen-bond donors (Lipinski definition) is 2. The molecular weight excluding hydrogens is 435 g/mol. The molecule has 0 aliphatic heterocycles. The van der Waals surface area contributed by atoms with Gasteiger partial charge >= 0.3 is 0 Å². The highest BCUT2D eigenvalue weighted by Gasteiger charge is 2.41. The molecule has 0 radical (unpaired) electrons. The second kappa shape index (κ2) is 10.6. The largest absolute Gasteiger partial charge is 0.382 e. The van der Waals surface area contributed by atoms with Crippen molar-refractivity contribution in [2.45, 2.75) is 46.5 Å². The van der Waals surface area contributed by atoms with E-state index in [4.69, 9.17) is 4.74 Å². The first-order valence-electron chi connectivity index (χ1n) is 8.54. The SMILES string of the molecule is CCOCCC1(CNC(=NC)NCCc2nc(C)c(C)s2)CC1.I. The van der Waals surface area contributed by atoms with E-state index in [-0.39, 0.29) is 24.0 Å². The van der Waals surface area contributed by atoms with Crippen molar-refractivity contribution in [1.29, 1.82) is 0 Å². The van der Waals surface area contributed by atoms with E-state index in [0.29, 0.717) is 5.41 Å². The van der Waals surface area contributed by atoms with E-state index >= 15 is 0 Å². The first kappa shape index (κ1) is 21.6. The van der Waals surface area contributed by atoms with E-state index in [0.717, 1.165) is 50.8 Å². The predicted molar refractivity (Wildman–Crippen MR) is 113 cm³/mol. The zero-order chi connectivity index (χ0) is 16.7. The molecule has 0 aromatic carbocycles. The molecule has 1 aliphatic rings. The average molecular weight is 466 g/mol. The third-order valence-corrected chi connectivity index (χ3v) is 5.63. The lowest BCUT2D eigenvalue weighted by Crippen LogP contribution is -2.41. The molecule has 1 aromatic heterocycles. The molecule has 0 unspecified atom stereocenters. The Balaban J connectivity index is 0.00000288. The number of ether oxygens (including phenoxy) is 1. The highest BCUT2D eigenvalue weighted by atomic mass is 127. The Morgan fingerprint density at radius 2 is 2.08 bits per heavy atom. The second-order valence-corrected chi connectivity index (χ2v) is 7.59. The molecule has 0 atom stereocenters. The Morgan fingerprint density at radius 1 is 1.33 bits per heavy atom. The lowest BCUT2D eigenvalue weighted by atomic mass is 10.0. The number of aryl methyl sites for hydroxylation is 2. The summed E-state index contributed by atoms with van der Waals surface area (Å²) in [6.07, 6.45) is 4.67. The lowest BCUT2D eigenvalue weighted by Gasteiger charge is -2.18. The summed E-state index contributed by atoms with van der Waals surface area (Å²) in [7, 11) is 1.83. The number of guanidine groups is 1. The van der Waals surface area contributed by atoms with Crippen LogP contribution in [0, 0.1) is 19.3 Å². The summed E-state index contributed by atoms with van der Waals surface area (Å²) in [5.41, 5.74) is 1.58. The Hall–Kier alpha value is -0.410. The molecule has 138 valence electrons. The van der Waals surface area contributed by atoms with Crippen LogP contribution in [0.15, 0.2) is 4.99 Å². The molecule has 1 aromatic rings. The second-order valence-electron chi connectivity index (χ2n) is 6.30. The van der Waals surface area contributed by atoms with Crippen LogP contribution >= 0.6 is 35.3 Å². The molecule has 2 rings (SSSR count). The number of hydrogen-bond acceptors (Lipinski definition) is 4. The van der Waals surface area contributed by atoms with Crippen molar-refractivity contribution in [1.82, 2.24) is 15.6 Å². The van der Waals surface area contributed by atoms with Crippen LogP contribution in [0.4, 0.5) is 0 Å². The van der Waals surface area contributed by atoms with Gasteiger partial charge in [-0.25, -0.2) is 4.98 Å². The van der Waals surface area contributed by atoms with Crippen LogP contribution in [0.25, 0.3) is 0 Å². The van der Waals surface area contributed by atoms with Crippen molar-refractivity contribution in [2.24, 2.45) is 10.4 Å². The van der Waals surface area contributed by atoms with Crippen LogP contribution in [0.5, 0.6) is 0 Å². The van der Waals surface area contributed by atoms with E-state index < -0.39 is 0 Å². The minimum atomic E-state index is 0. The Bertz CT molecular complexity index is 509. The number of rotatable bonds is 9. The number of thiazole rings is 1. The van der Waals surface area contributed by atoms with Gasteiger partial charge in [-0.2, -0.15) is 0 Å². The minimum absolute atomic E-state index is 0. The summed E-state index contributed by atoms with van der Waals surface area (Å²) < 4.78 is 5.49. The summed E-state index contributed by atoms with van der Waals surface area (Å²) in [6, 6.07) is 0. The molecule has 1 saturated carbocycles. The van der Waals surface area contributed by atoms with Crippen molar-refractivity contribution in [3.8, 4) is 0 Å². The lowest BCUT2D eigenvalue weighted by molar-refractivity contribution is 0.128. The fraction of sp³-hybridized carbons (Fsp3) is 0.765. The molecule has 1 aliphatic carbocycles. The maximum absolute atomic E-state index is 5.49. The third kappa shape index (κ3) is 6.84. The van der Waals surface area contributed by atoms with E-state index in [1.807, 2.05) is 7.05 Å². The van der Waals surface area contributed by atoms with Crippen molar-refractivity contribution in [2.75, 3.05) is 33.4 Å². The number of nitrogens with zero attached hydrogens (tertiary/aromatic N) is 2. The Morgan fingerprint density at radius 3 is 2.62 bits per heavy atom. The van der Waals surface area contributed by atoms with Gasteiger partial charge in [-0.05, 0) is 45.4 Å². The number of aromatic nitrogens is 1. The van der Waals surface area contributed by atoms with E-state index in [2.05, 4.69) is 41.4 Å². The molecule has 0 bridgehead atoms. The first-order chi connectivity index (χ1) is 11.1. The van der Waals surface area contributed by atoms with Crippen LogP contribution in [-0.2, 0) is 11.2 Å². The Kier molecular flexibility index (Phi) is 9.51. The van der Waals surface area contributed by atoms with Gasteiger partial charge in [-0.3, -0.25) is 4.99 Å². The number of halogens is 1. The summed E-state index contributed by atoms with van der Waals surface area (Å²) in [5, 5.41) is 8.05. The molecule has 7 heteroatoms. The van der Waals surface area contributed by atoms with Gasteiger partial charge in [-0.1, -0.05) is 0 Å². The summed E-state index contributed by atoms with van der Waals surface area (Å²) >= 11 is 1.79. The monoisotopic (exact) mass is 466 g/mol. The smallest absolute Gasteiger partial charge is 0.191 e. The molecule has 24 heavy (non-hydrogen) atoms. The maximum Gasteiger partial charge on any atom is 0.191 e. The zero-order valence-electron chi connectivity index (χ0n) is 15.3. The van der Waals surface area contributed by atoms with Crippen LogP contribution in [-0.4, -0.2) is 44.3 Å². The highest BCUT2D eigenvalue weighted by Crippen LogP contribution is 2.48. The van der Waals surface area contributed by atoms with Gasteiger partial charge in [0, 0.05) is 44.6 Å². The molecule has 0 amide bonds. The van der Waals surface area contributed by atoms with Crippen LogP contribution in [0.3, 0.4) is 0 Å². The van der Waals surface area contributed by atoms with Crippen molar-refractivity contribution in [3.05, 3.63) is 15.6 Å². The summed E-state index contributed by atoms with van der Waals surface area (Å²) in [6.45, 7) is 9.76. The highest BCUT2D eigenvalue weighted by molar-refractivity contribution is 14.0. The van der Waals surface area contributed by atoms with Gasteiger partial charge in [0.05, 0.1) is 10.7 Å². The van der Waals surface area contributed by atoms with Gasteiger partial charge in [0.2, 0.25) is 0 Å². The quantitative estimate of drug-likeness (QED) is 0.254. The Labute approximate surface area is 167 Å². The molecule has 0 spiro atoms. The van der Waals surface area contributed by atoms with Crippen molar-refractivity contribution in [3.63, 3.8) is 0 Å². The fourth-order valence-electron chi connectivity index (χ4n) is 2.55. The third-order valence-electron chi connectivity index (χ3n) is 4.50. The van der Waals surface area contributed by atoms with Gasteiger partial charge < -0.3 is 15.4 Å². The van der Waals surface area contributed by atoms with Crippen molar-refractivity contribution < 1.29 is 4.74 Å². The van der Waals surface area contributed by atoms with E-state index in [1.54, 1.807) is 11.3 Å². The predicted octanol–water partition coefficient (Wildman–Crippen LogP) is 3.29. The van der Waals surface area contributed by atoms with Gasteiger partial charge in [0.1, 0.15) is 0 Å². The van der Waals surface area contributed by atoms with Gasteiger partial charge in [0.25, 0.3) is 0 Å². The molecule has 1 heterocycles. The molecule has 1 fully saturated rings. The van der Waals surface area contributed by atoms with Crippen LogP contribution in [0.1, 0.15) is 41.8 Å². The van der Waals surface area contributed by atoms with Crippen molar-refractivity contribution >= 4 is 41.3 Å². The average Bonchev–Trinajstić information content (AvgIpc) is 3.23. The minimum Gasteiger partial charge on any atom is -0.382 e. The van der Waals surface area contributed by atoms with Crippen LogP contribution in [0.2, 0.25) is 0 Å². The van der Waals surface area contributed by atoms with E-state index in [1.165, 1.54) is 22.7 Å². The molecular formula is C17H31IN4OS. The van der Waals surface area contributed by atoms with Gasteiger partial charge in [0.15, 0.2) is 5.96 Å². The normalized spacial score (nSPS) is 15.8. The maximum atomic E-state index is 5.49. The zero-order valence-corrected chi connectivity index (χ0v) is 18.4.